The summed E-state index contributed by atoms with van der Waals surface area (Å²) in [6.45, 7) is 10.1. The van der Waals surface area contributed by atoms with Crippen molar-refractivity contribution in [3.63, 3.8) is 0 Å². The van der Waals surface area contributed by atoms with Gasteiger partial charge in [0, 0.05) is 25.0 Å². The first-order valence-electron chi connectivity index (χ1n) is 10.7. The van der Waals surface area contributed by atoms with Crippen LogP contribution in [-0.4, -0.2) is 48.8 Å². The van der Waals surface area contributed by atoms with Crippen LogP contribution in [0, 0.1) is 12.8 Å². The lowest BCUT2D eigenvalue weighted by Crippen LogP contribution is -2.42. The number of thiazole rings is 1. The number of guanidine groups is 1. The van der Waals surface area contributed by atoms with Crippen molar-refractivity contribution in [3.8, 4) is 11.5 Å². The van der Waals surface area contributed by atoms with E-state index in [9.17, 15) is 0 Å². The minimum Gasteiger partial charge on any atom is -0.454 e. The van der Waals surface area contributed by atoms with E-state index in [4.69, 9.17) is 14.5 Å². The largest absolute Gasteiger partial charge is 0.454 e. The summed E-state index contributed by atoms with van der Waals surface area (Å²) in [5.41, 5.74) is 2.32. The standard InChI is InChI=1S/C22H31N5O2S.HI/c1-3-23-22(25-12-18-4-5-20-21(10-18)29-15-28-20)24-11-17-6-8-27(9-7-17)13-19-14-30-16(2)26-19;/h4-5,10,14,17H,3,6-9,11-13,15H2,1-2H3,(H2,23,24,25);1H. The maximum Gasteiger partial charge on any atom is 0.231 e. The molecule has 0 saturated carbocycles. The fraction of sp³-hybridized carbons (Fsp3) is 0.545. The first kappa shape index (κ1) is 24.1. The van der Waals surface area contributed by atoms with Crippen LogP contribution >= 0.6 is 35.3 Å². The zero-order valence-corrected chi connectivity index (χ0v) is 21.4. The third-order valence-electron chi connectivity index (χ3n) is 5.52. The van der Waals surface area contributed by atoms with Crippen LogP contribution in [0.5, 0.6) is 11.5 Å². The topological polar surface area (TPSA) is 71.0 Å². The minimum absolute atomic E-state index is 0. The number of nitrogens with zero attached hydrogens (tertiary/aromatic N) is 3. The van der Waals surface area contributed by atoms with Gasteiger partial charge in [-0.2, -0.15) is 0 Å². The SMILES string of the molecule is CCNC(=NCc1ccc2c(c1)OCO2)NCC1CCN(Cc2csc(C)n2)CC1.I. The number of fused-ring (bicyclic) bond motifs is 1. The number of aryl methyl sites for hydroxylation is 1. The lowest BCUT2D eigenvalue weighted by Gasteiger charge is -2.31. The van der Waals surface area contributed by atoms with E-state index in [1.165, 1.54) is 18.5 Å². The van der Waals surface area contributed by atoms with Crippen LogP contribution in [0.25, 0.3) is 0 Å². The van der Waals surface area contributed by atoms with Gasteiger partial charge in [-0.15, -0.1) is 35.3 Å². The van der Waals surface area contributed by atoms with Gasteiger partial charge < -0.3 is 20.1 Å². The lowest BCUT2D eigenvalue weighted by molar-refractivity contribution is 0.174. The molecule has 0 atom stereocenters. The summed E-state index contributed by atoms with van der Waals surface area (Å²) < 4.78 is 10.8. The van der Waals surface area contributed by atoms with Gasteiger partial charge in [-0.1, -0.05) is 6.07 Å². The van der Waals surface area contributed by atoms with Gasteiger partial charge in [-0.3, -0.25) is 4.90 Å². The molecule has 7 nitrogen and oxygen atoms in total. The van der Waals surface area contributed by atoms with Crippen LogP contribution in [-0.2, 0) is 13.1 Å². The van der Waals surface area contributed by atoms with Gasteiger partial charge in [0.15, 0.2) is 17.5 Å². The van der Waals surface area contributed by atoms with Crippen LogP contribution in [0.2, 0.25) is 0 Å². The maximum atomic E-state index is 5.46. The van der Waals surface area contributed by atoms with Gasteiger partial charge in [0.1, 0.15) is 0 Å². The number of nitrogens with one attached hydrogen (secondary N) is 2. The van der Waals surface area contributed by atoms with Crippen LogP contribution in [0.3, 0.4) is 0 Å². The Morgan fingerprint density at radius 2 is 2.03 bits per heavy atom. The molecule has 0 bridgehead atoms. The Hall–Kier alpha value is -1.59. The van der Waals surface area contributed by atoms with Crippen molar-refractivity contribution in [2.45, 2.75) is 39.8 Å². The molecule has 1 fully saturated rings. The molecule has 0 aliphatic carbocycles. The lowest BCUT2D eigenvalue weighted by atomic mass is 9.97. The molecular formula is C22H32IN5O2S. The first-order valence-corrected chi connectivity index (χ1v) is 11.6. The van der Waals surface area contributed by atoms with Gasteiger partial charge in [0.05, 0.1) is 17.2 Å². The molecule has 1 saturated heterocycles. The highest BCUT2D eigenvalue weighted by Crippen LogP contribution is 2.32. The Kier molecular flexibility index (Phi) is 9.21. The van der Waals surface area contributed by atoms with Crippen molar-refractivity contribution >= 4 is 41.3 Å². The van der Waals surface area contributed by atoms with Crippen molar-refractivity contribution < 1.29 is 9.47 Å². The molecule has 3 heterocycles. The van der Waals surface area contributed by atoms with Gasteiger partial charge >= 0.3 is 0 Å². The van der Waals surface area contributed by atoms with E-state index in [0.29, 0.717) is 19.3 Å². The quantitative estimate of drug-likeness (QED) is 0.307. The molecule has 1 aromatic heterocycles. The molecule has 2 aliphatic heterocycles. The maximum absolute atomic E-state index is 5.46. The van der Waals surface area contributed by atoms with Crippen molar-refractivity contribution in [1.82, 2.24) is 20.5 Å². The molecule has 0 spiro atoms. The molecular weight excluding hydrogens is 525 g/mol. The highest BCUT2D eigenvalue weighted by molar-refractivity contribution is 14.0. The molecule has 2 aromatic rings. The van der Waals surface area contributed by atoms with Crippen molar-refractivity contribution in [2.24, 2.45) is 10.9 Å². The summed E-state index contributed by atoms with van der Waals surface area (Å²) in [4.78, 5) is 11.9. The Balaban J connectivity index is 0.00000272. The number of hydrogen-bond donors (Lipinski definition) is 2. The van der Waals surface area contributed by atoms with E-state index < -0.39 is 0 Å². The summed E-state index contributed by atoms with van der Waals surface area (Å²) in [7, 11) is 0. The fourth-order valence-electron chi connectivity index (χ4n) is 3.85. The van der Waals surface area contributed by atoms with Crippen LogP contribution in [0.4, 0.5) is 0 Å². The van der Waals surface area contributed by atoms with Crippen molar-refractivity contribution in [1.29, 1.82) is 0 Å². The van der Waals surface area contributed by atoms with Crippen molar-refractivity contribution in [3.05, 3.63) is 39.8 Å². The van der Waals surface area contributed by atoms with Crippen LogP contribution in [0.1, 0.15) is 36.0 Å². The third-order valence-corrected chi connectivity index (χ3v) is 6.34. The molecule has 0 amide bonds. The van der Waals surface area contributed by atoms with Crippen LogP contribution in [0.15, 0.2) is 28.6 Å². The normalized spacial score (nSPS) is 16.8. The minimum atomic E-state index is 0. The van der Waals surface area contributed by atoms with Gasteiger partial charge in [-0.05, 0) is 63.4 Å². The number of benzene rings is 1. The fourth-order valence-corrected chi connectivity index (χ4v) is 4.45. The highest BCUT2D eigenvalue weighted by atomic mass is 127. The predicted molar refractivity (Wildman–Crippen MR) is 136 cm³/mol. The molecule has 4 rings (SSSR count). The van der Waals surface area contributed by atoms with Gasteiger partial charge in [-0.25, -0.2) is 9.98 Å². The second-order valence-corrected chi connectivity index (χ2v) is 8.90. The summed E-state index contributed by atoms with van der Waals surface area (Å²) in [5, 5.41) is 10.2. The summed E-state index contributed by atoms with van der Waals surface area (Å²) in [6, 6.07) is 6.00. The number of piperidine rings is 1. The molecule has 2 N–H and O–H groups in total. The van der Waals surface area contributed by atoms with E-state index in [0.717, 1.165) is 60.8 Å². The zero-order valence-electron chi connectivity index (χ0n) is 18.2. The zero-order chi connectivity index (χ0) is 20.8. The molecule has 31 heavy (non-hydrogen) atoms. The Labute approximate surface area is 205 Å². The smallest absolute Gasteiger partial charge is 0.231 e. The Morgan fingerprint density at radius 3 is 2.77 bits per heavy atom. The number of rotatable bonds is 7. The molecule has 9 heteroatoms. The predicted octanol–water partition coefficient (Wildman–Crippen LogP) is 3.77. The number of aliphatic imine (C=N–C) groups is 1. The van der Waals surface area contributed by atoms with E-state index in [-0.39, 0.29) is 24.0 Å². The first-order chi connectivity index (χ1) is 14.7. The average Bonchev–Trinajstić information content (AvgIpc) is 3.39. The summed E-state index contributed by atoms with van der Waals surface area (Å²) in [5.74, 6) is 3.16. The number of ether oxygens (including phenoxy) is 2. The second-order valence-electron chi connectivity index (χ2n) is 7.84. The Morgan fingerprint density at radius 1 is 1.23 bits per heavy atom. The van der Waals surface area contributed by atoms with Gasteiger partial charge in [0.2, 0.25) is 6.79 Å². The highest BCUT2D eigenvalue weighted by Gasteiger charge is 2.20. The average molecular weight is 558 g/mol. The van der Waals surface area contributed by atoms with E-state index in [1.54, 1.807) is 11.3 Å². The third kappa shape index (κ3) is 6.95. The van der Waals surface area contributed by atoms with E-state index in [2.05, 4.69) is 39.7 Å². The molecule has 170 valence electrons. The molecule has 1 aromatic carbocycles. The number of likely N-dealkylation sites (tertiary alicyclic amines) is 1. The summed E-state index contributed by atoms with van der Waals surface area (Å²) >= 11 is 1.74. The monoisotopic (exact) mass is 557 g/mol. The van der Waals surface area contributed by atoms with Crippen molar-refractivity contribution in [2.75, 3.05) is 33.0 Å². The molecule has 0 radical (unpaired) electrons. The number of hydrogen-bond acceptors (Lipinski definition) is 6. The second kappa shape index (κ2) is 11.9. The number of aromatic nitrogens is 1. The number of halogens is 1. The molecule has 2 aliphatic rings. The summed E-state index contributed by atoms with van der Waals surface area (Å²) in [6.07, 6.45) is 2.41. The van der Waals surface area contributed by atoms with Gasteiger partial charge in [0.25, 0.3) is 0 Å². The van der Waals surface area contributed by atoms with E-state index in [1.807, 2.05) is 18.2 Å². The molecule has 0 unspecified atom stereocenters. The van der Waals surface area contributed by atoms with E-state index >= 15 is 0 Å². The van der Waals surface area contributed by atoms with Crippen LogP contribution < -0.4 is 20.1 Å². The Bertz CT molecular complexity index is 867.